The Balaban J connectivity index is 2.25. The zero-order valence-corrected chi connectivity index (χ0v) is 8.24. The average molecular weight is 207 g/mol. The van der Waals surface area contributed by atoms with Crippen LogP contribution in [0, 0.1) is 0 Å². The fourth-order valence-electron chi connectivity index (χ4n) is 1.00. The Bertz CT molecular complexity index is 399. The van der Waals surface area contributed by atoms with Gasteiger partial charge in [0.25, 0.3) is 0 Å². The van der Waals surface area contributed by atoms with Crippen LogP contribution in [0.1, 0.15) is 5.01 Å². The quantitative estimate of drug-likeness (QED) is 0.792. The van der Waals surface area contributed by atoms with Gasteiger partial charge in [0, 0.05) is 24.4 Å². The number of aromatic nitrogens is 4. The Morgan fingerprint density at radius 3 is 2.71 bits per heavy atom. The molecule has 0 unspecified atom stereocenters. The van der Waals surface area contributed by atoms with Crippen LogP contribution in [0.5, 0.6) is 0 Å². The zero-order chi connectivity index (χ0) is 9.80. The molecule has 0 aliphatic heterocycles. The first-order valence-corrected chi connectivity index (χ1v) is 4.99. The summed E-state index contributed by atoms with van der Waals surface area (Å²) >= 11 is 1.53. The third kappa shape index (κ3) is 1.91. The van der Waals surface area contributed by atoms with Crippen LogP contribution in [0.15, 0.2) is 18.7 Å². The molecular weight excluding hydrogens is 198 g/mol. The lowest BCUT2D eigenvalue weighted by molar-refractivity contribution is 0.913. The van der Waals surface area contributed by atoms with E-state index < -0.39 is 0 Å². The van der Waals surface area contributed by atoms with Crippen LogP contribution < -0.4 is 5.73 Å². The van der Waals surface area contributed by atoms with Crippen molar-refractivity contribution in [2.45, 2.75) is 6.42 Å². The maximum atomic E-state index is 5.42. The van der Waals surface area contributed by atoms with Crippen LogP contribution in [-0.4, -0.2) is 26.7 Å². The van der Waals surface area contributed by atoms with Crippen molar-refractivity contribution in [1.29, 1.82) is 0 Å². The molecule has 0 spiro atoms. The molecule has 0 saturated heterocycles. The molecule has 2 rings (SSSR count). The van der Waals surface area contributed by atoms with Crippen LogP contribution >= 0.6 is 11.3 Å². The largest absolute Gasteiger partial charge is 0.330 e. The normalized spacial score (nSPS) is 10.4. The number of nitrogens with zero attached hydrogens (tertiary/aromatic N) is 4. The van der Waals surface area contributed by atoms with Gasteiger partial charge >= 0.3 is 0 Å². The summed E-state index contributed by atoms with van der Waals surface area (Å²) in [5.74, 6) is 0. The molecule has 0 aromatic carbocycles. The Hall–Kier alpha value is -1.40. The Labute approximate surface area is 85.0 Å². The molecule has 6 heteroatoms. The van der Waals surface area contributed by atoms with E-state index in [0.29, 0.717) is 6.54 Å². The van der Waals surface area contributed by atoms with E-state index in [1.54, 1.807) is 12.4 Å². The molecule has 0 aliphatic rings. The summed E-state index contributed by atoms with van der Waals surface area (Å²) in [6.07, 6.45) is 5.70. The summed E-state index contributed by atoms with van der Waals surface area (Å²) in [7, 11) is 0. The first-order chi connectivity index (χ1) is 6.90. The highest BCUT2D eigenvalue weighted by atomic mass is 32.1. The van der Waals surface area contributed by atoms with Crippen molar-refractivity contribution in [2.24, 2.45) is 5.73 Å². The minimum absolute atomic E-state index is 0.597. The first-order valence-electron chi connectivity index (χ1n) is 4.18. The van der Waals surface area contributed by atoms with Crippen molar-refractivity contribution in [3.63, 3.8) is 0 Å². The van der Waals surface area contributed by atoms with E-state index in [1.807, 2.05) is 0 Å². The summed E-state index contributed by atoms with van der Waals surface area (Å²) in [4.78, 5) is 7.84. The summed E-state index contributed by atoms with van der Waals surface area (Å²) in [5.41, 5.74) is 6.32. The minimum atomic E-state index is 0.597. The van der Waals surface area contributed by atoms with Crippen LogP contribution in [-0.2, 0) is 6.42 Å². The van der Waals surface area contributed by atoms with Gasteiger partial charge in [-0.1, -0.05) is 11.3 Å². The maximum absolute atomic E-state index is 5.42. The maximum Gasteiger partial charge on any atom is 0.150 e. The van der Waals surface area contributed by atoms with E-state index in [9.17, 15) is 0 Å². The number of rotatable bonds is 3. The van der Waals surface area contributed by atoms with Gasteiger partial charge in [-0.15, -0.1) is 10.2 Å². The number of hydrogen-bond acceptors (Lipinski definition) is 6. The highest BCUT2D eigenvalue weighted by Crippen LogP contribution is 2.21. The molecule has 0 bridgehead atoms. The third-order valence-corrected chi connectivity index (χ3v) is 2.66. The summed E-state index contributed by atoms with van der Waals surface area (Å²) in [6.45, 7) is 0.597. The second-order valence-electron chi connectivity index (χ2n) is 2.67. The fraction of sp³-hybridized carbons (Fsp3) is 0.250. The van der Waals surface area contributed by atoms with Gasteiger partial charge in [0.2, 0.25) is 0 Å². The summed E-state index contributed by atoms with van der Waals surface area (Å²) in [5, 5.41) is 9.85. The predicted molar refractivity (Wildman–Crippen MR) is 53.7 cm³/mol. The molecule has 2 N–H and O–H groups in total. The lowest BCUT2D eigenvalue weighted by Gasteiger charge is -1.90. The summed E-state index contributed by atoms with van der Waals surface area (Å²) < 4.78 is 0. The molecule has 0 radical (unpaired) electrons. The average Bonchev–Trinajstić information content (AvgIpc) is 2.68. The van der Waals surface area contributed by atoms with E-state index in [2.05, 4.69) is 20.2 Å². The van der Waals surface area contributed by atoms with E-state index in [1.165, 1.54) is 17.7 Å². The van der Waals surface area contributed by atoms with Gasteiger partial charge in [0.1, 0.15) is 11.3 Å². The lowest BCUT2D eigenvalue weighted by Crippen LogP contribution is -2.01. The van der Waals surface area contributed by atoms with E-state index >= 15 is 0 Å². The van der Waals surface area contributed by atoms with Crippen LogP contribution in [0.3, 0.4) is 0 Å². The van der Waals surface area contributed by atoms with Crippen molar-refractivity contribution in [3.05, 3.63) is 23.7 Å². The van der Waals surface area contributed by atoms with E-state index in [4.69, 9.17) is 5.73 Å². The van der Waals surface area contributed by atoms with E-state index in [-0.39, 0.29) is 0 Å². The molecule has 72 valence electrons. The first kappa shape index (κ1) is 9.17. The molecule has 0 amide bonds. The van der Waals surface area contributed by atoms with Gasteiger partial charge in [0.15, 0.2) is 5.01 Å². The monoisotopic (exact) mass is 207 g/mol. The number of hydrogen-bond donors (Lipinski definition) is 1. The van der Waals surface area contributed by atoms with Gasteiger partial charge < -0.3 is 5.73 Å². The van der Waals surface area contributed by atoms with Crippen molar-refractivity contribution >= 4 is 11.3 Å². The van der Waals surface area contributed by atoms with Crippen molar-refractivity contribution in [2.75, 3.05) is 6.54 Å². The van der Waals surface area contributed by atoms with Crippen LogP contribution in [0.25, 0.3) is 10.6 Å². The molecule has 0 saturated carbocycles. The van der Waals surface area contributed by atoms with Crippen molar-refractivity contribution in [1.82, 2.24) is 20.2 Å². The molecule has 0 fully saturated rings. The van der Waals surface area contributed by atoms with Crippen LogP contribution in [0.4, 0.5) is 0 Å². The molecule has 2 aromatic rings. The Morgan fingerprint density at radius 2 is 2.00 bits per heavy atom. The molecule has 0 aliphatic carbocycles. The highest BCUT2D eigenvalue weighted by molar-refractivity contribution is 7.14. The van der Waals surface area contributed by atoms with Gasteiger partial charge in [-0.05, 0) is 6.54 Å². The van der Waals surface area contributed by atoms with Gasteiger partial charge in [-0.3, -0.25) is 0 Å². The van der Waals surface area contributed by atoms with Crippen LogP contribution in [0.2, 0.25) is 0 Å². The molecule has 2 heterocycles. The Kier molecular flexibility index (Phi) is 2.76. The SMILES string of the molecule is NCCc1nnc(-c2cncnc2)s1. The molecule has 0 atom stereocenters. The minimum Gasteiger partial charge on any atom is -0.330 e. The zero-order valence-electron chi connectivity index (χ0n) is 7.42. The van der Waals surface area contributed by atoms with Crippen molar-refractivity contribution < 1.29 is 0 Å². The summed E-state index contributed by atoms with van der Waals surface area (Å²) in [6, 6.07) is 0. The van der Waals surface area contributed by atoms with Gasteiger partial charge in [0.05, 0.1) is 0 Å². The second-order valence-corrected chi connectivity index (χ2v) is 3.73. The van der Waals surface area contributed by atoms with Gasteiger partial charge in [-0.25, -0.2) is 9.97 Å². The molecule has 14 heavy (non-hydrogen) atoms. The second kappa shape index (κ2) is 4.21. The van der Waals surface area contributed by atoms with E-state index in [0.717, 1.165) is 22.0 Å². The van der Waals surface area contributed by atoms with Gasteiger partial charge in [-0.2, -0.15) is 0 Å². The predicted octanol–water partition coefficient (Wildman–Crippen LogP) is 0.496. The standard InChI is InChI=1S/C8H9N5S/c9-2-1-7-12-13-8(14-7)6-3-10-5-11-4-6/h3-5H,1-2,9H2. The fourth-order valence-corrected chi connectivity index (χ4v) is 1.83. The van der Waals surface area contributed by atoms with Crippen molar-refractivity contribution in [3.8, 4) is 10.6 Å². The smallest absolute Gasteiger partial charge is 0.150 e. The third-order valence-electron chi connectivity index (χ3n) is 1.63. The Morgan fingerprint density at radius 1 is 1.21 bits per heavy atom. The number of nitrogens with two attached hydrogens (primary N) is 1. The topological polar surface area (TPSA) is 77.6 Å². The molecular formula is C8H9N5S. The lowest BCUT2D eigenvalue weighted by atomic mass is 10.4. The highest BCUT2D eigenvalue weighted by Gasteiger charge is 2.05. The molecule has 2 aromatic heterocycles. The molecule has 5 nitrogen and oxygen atoms in total.